The fraction of sp³-hybridized carbons (Fsp3) is 0.303. The van der Waals surface area contributed by atoms with E-state index >= 15 is 0 Å². The number of nitrogens with zero attached hydrogens (tertiary/aromatic N) is 4. The van der Waals surface area contributed by atoms with Crippen LogP contribution in [-0.4, -0.2) is 65.3 Å². The fourth-order valence-electron chi connectivity index (χ4n) is 4.77. The van der Waals surface area contributed by atoms with Crippen LogP contribution in [0.15, 0.2) is 72.0 Å². The number of aliphatic imine (C=N–C) groups is 1. The topological polar surface area (TPSA) is 124 Å². The summed E-state index contributed by atoms with van der Waals surface area (Å²) in [5, 5.41) is 2.85. The minimum Gasteiger partial charge on any atom is -0.496 e. The van der Waals surface area contributed by atoms with Gasteiger partial charge in [-0.05, 0) is 77.1 Å². The molecule has 1 aromatic heterocycles. The Morgan fingerprint density at radius 3 is 2.48 bits per heavy atom. The third kappa shape index (κ3) is 6.12. The van der Waals surface area contributed by atoms with E-state index in [9.17, 15) is 14.4 Å². The number of rotatable bonds is 6. The van der Waals surface area contributed by atoms with Gasteiger partial charge < -0.3 is 24.4 Å². The molecule has 4 aromatic rings. The van der Waals surface area contributed by atoms with Crippen LogP contribution in [0.25, 0.3) is 11.0 Å². The Kier molecular flexibility index (Phi) is 7.90. The number of hydrogen-bond donors (Lipinski definition) is 1. The molecular weight excluding hydrogens is 562 g/mol. The summed E-state index contributed by atoms with van der Waals surface area (Å²) in [6, 6.07) is 17.1. The lowest BCUT2D eigenvalue weighted by Gasteiger charge is -2.21. The molecule has 0 spiro atoms. The first-order valence-corrected chi connectivity index (χ1v) is 14.1. The average Bonchev–Trinajstić information content (AvgIpc) is 3.58. The van der Waals surface area contributed by atoms with Crippen molar-refractivity contribution in [1.82, 2.24) is 9.55 Å². The Balaban J connectivity index is 1.38. The number of ether oxygens (including phenoxy) is 3. The van der Waals surface area contributed by atoms with Gasteiger partial charge >= 0.3 is 6.09 Å². The number of imidazole rings is 1. The quantitative estimate of drug-likeness (QED) is 0.293. The van der Waals surface area contributed by atoms with Gasteiger partial charge in [0.2, 0.25) is 5.90 Å². The van der Waals surface area contributed by atoms with E-state index in [1.54, 1.807) is 52.1 Å². The minimum absolute atomic E-state index is 0.214. The van der Waals surface area contributed by atoms with Gasteiger partial charge in [0.25, 0.3) is 11.8 Å². The van der Waals surface area contributed by atoms with Gasteiger partial charge in [0, 0.05) is 12.6 Å². The first-order chi connectivity index (χ1) is 20.8. The van der Waals surface area contributed by atoms with Crippen LogP contribution in [0.4, 0.5) is 16.2 Å². The van der Waals surface area contributed by atoms with E-state index in [2.05, 4.69) is 15.3 Å². The molecule has 1 aliphatic heterocycles. The van der Waals surface area contributed by atoms with Crippen molar-refractivity contribution in [2.75, 3.05) is 31.0 Å². The Morgan fingerprint density at radius 2 is 1.80 bits per heavy atom. The smallest absolute Gasteiger partial charge is 0.420 e. The zero-order valence-electron chi connectivity index (χ0n) is 25.8. The van der Waals surface area contributed by atoms with Crippen LogP contribution in [-0.2, 0) is 9.47 Å². The second-order valence-corrected chi connectivity index (χ2v) is 12.0. The van der Waals surface area contributed by atoms with Crippen molar-refractivity contribution in [3.05, 3.63) is 83.7 Å². The molecule has 0 aliphatic carbocycles. The van der Waals surface area contributed by atoms with Crippen LogP contribution in [0.1, 0.15) is 60.9 Å². The van der Waals surface area contributed by atoms with E-state index in [-0.39, 0.29) is 22.8 Å². The molecule has 1 aliphatic rings. The standard InChI is InChI=1S/C33H35N5O6/c1-32(2,3)44-31(41)38-19-34-27-23(12-10-14-25(27)38)35-28(39)22-16-15-20(17-26(22)42-7)30(40)37(6)24-13-9-8-11-21(24)29-36-33(4,5)18-43-29/h8-17,19H,18H2,1-7H3,(H,35,39). The molecule has 2 heterocycles. The summed E-state index contributed by atoms with van der Waals surface area (Å²) < 4.78 is 18.1. The molecular formula is C33H35N5O6. The third-order valence-corrected chi connectivity index (χ3v) is 6.87. The molecule has 0 radical (unpaired) electrons. The first-order valence-electron chi connectivity index (χ1n) is 14.1. The number of aromatic nitrogens is 2. The predicted octanol–water partition coefficient (Wildman–Crippen LogP) is 5.91. The van der Waals surface area contributed by atoms with E-state index in [1.807, 2.05) is 38.1 Å². The number of amides is 2. The van der Waals surface area contributed by atoms with Gasteiger partial charge in [0.15, 0.2) is 0 Å². The highest BCUT2D eigenvalue weighted by Crippen LogP contribution is 2.30. The lowest BCUT2D eigenvalue weighted by atomic mass is 10.1. The van der Waals surface area contributed by atoms with E-state index < -0.39 is 17.6 Å². The largest absolute Gasteiger partial charge is 0.496 e. The van der Waals surface area contributed by atoms with Crippen LogP contribution >= 0.6 is 0 Å². The van der Waals surface area contributed by atoms with Gasteiger partial charge in [-0.15, -0.1) is 0 Å². The van der Waals surface area contributed by atoms with Crippen LogP contribution in [0, 0.1) is 0 Å². The van der Waals surface area contributed by atoms with Gasteiger partial charge in [0.05, 0.1) is 40.7 Å². The minimum atomic E-state index is -0.682. The van der Waals surface area contributed by atoms with Gasteiger partial charge in [-0.1, -0.05) is 18.2 Å². The second-order valence-electron chi connectivity index (χ2n) is 12.0. The van der Waals surface area contributed by atoms with Gasteiger partial charge in [-0.25, -0.2) is 19.3 Å². The number of carbonyl (C=O) groups is 3. The molecule has 1 N–H and O–H groups in total. The van der Waals surface area contributed by atoms with Gasteiger partial charge in [-0.2, -0.15) is 0 Å². The maximum absolute atomic E-state index is 13.6. The maximum atomic E-state index is 13.6. The molecule has 0 saturated heterocycles. The number of nitrogens with one attached hydrogen (secondary N) is 1. The van der Waals surface area contributed by atoms with Crippen LogP contribution in [0.3, 0.4) is 0 Å². The van der Waals surface area contributed by atoms with E-state index in [1.165, 1.54) is 35.0 Å². The summed E-state index contributed by atoms with van der Waals surface area (Å²) in [7, 11) is 3.10. The lowest BCUT2D eigenvalue weighted by Crippen LogP contribution is -2.28. The molecule has 0 bridgehead atoms. The number of hydrogen-bond acceptors (Lipinski definition) is 8. The highest BCUT2D eigenvalue weighted by molar-refractivity contribution is 6.13. The normalized spacial score (nSPS) is 14.0. The summed E-state index contributed by atoms with van der Waals surface area (Å²) >= 11 is 0. The molecule has 11 heteroatoms. The van der Waals surface area contributed by atoms with Crippen LogP contribution < -0.4 is 15.0 Å². The molecule has 3 aromatic carbocycles. The molecule has 11 nitrogen and oxygen atoms in total. The van der Waals surface area contributed by atoms with Gasteiger partial charge in [0.1, 0.15) is 29.8 Å². The Morgan fingerprint density at radius 1 is 1.05 bits per heavy atom. The van der Waals surface area contributed by atoms with Crippen LogP contribution in [0.5, 0.6) is 5.75 Å². The summed E-state index contributed by atoms with van der Waals surface area (Å²) in [5.41, 5.74) is 2.14. The number of anilines is 2. The van der Waals surface area contributed by atoms with E-state index in [0.717, 1.165) is 0 Å². The molecule has 228 valence electrons. The fourth-order valence-corrected chi connectivity index (χ4v) is 4.77. The Hall–Kier alpha value is -5.19. The Bertz CT molecular complexity index is 1800. The van der Waals surface area contributed by atoms with Crippen molar-refractivity contribution >= 4 is 46.2 Å². The van der Waals surface area contributed by atoms with Crippen molar-refractivity contribution in [3.8, 4) is 5.75 Å². The monoisotopic (exact) mass is 597 g/mol. The van der Waals surface area contributed by atoms with Crippen molar-refractivity contribution in [2.24, 2.45) is 4.99 Å². The summed E-state index contributed by atoms with van der Waals surface area (Å²) in [6.07, 6.45) is 0.779. The average molecular weight is 598 g/mol. The molecule has 5 rings (SSSR count). The van der Waals surface area contributed by atoms with Crippen molar-refractivity contribution in [2.45, 2.75) is 45.8 Å². The molecule has 0 saturated carbocycles. The number of para-hydroxylation sites is 2. The zero-order chi connectivity index (χ0) is 31.8. The third-order valence-electron chi connectivity index (χ3n) is 6.87. The Labute approximate surface area is 255 Å². The first kappa shape index (κ1) is 30.3. The van der Waals surface area contributed by atoms with Gasteiger partial charge in [-0.3, -0.25) is 9.59 Å². The summed E-state index contributed by atoms with van der Waals surface area (Å²) in [5.74, 6) is -0.0802. The molecule has 0 unspecified atom stereocenters. The molecule has 2 amide bonds. The highest BCUT2D eigenvalue weighted by atomic mass is 16.6. The summed E-state index contributed by atoms with van der Waals surface area (Å²) in [6.45, 7) is 9.76. The van der Waals surface area contributed by atoms with E-state index in [0.29, 0.717) is 46.0 Å². The number of benzene rings is 3. The lowest BCUT2D eigenvalue weighted by molar-refractivity contribution is 0.0543. The van der Waals surface area contributed by atoms with E-state index in [4.69, 9.17) is 14.2 Å². The number of methoxy groups -OCH3 is 1. The molecule has 0 fully saturated rings. The number of carbonyl (C=O) groups excluding carboxylic acids is 3. The SMILES string of the molecule is COc1cc(C(=O)N(C)c2ccccc2C2=NC(C)(C)CO2)ccc1C(=O)Nc1cccc2c1ncn2C(=O)OC(C)(C)C. The molecule has 44 heavy (non-hydrogen) atoms. The maximum Gasteiger partial charge on any atom is 0.420 e. The second kappa shape index (κ2) is 11.5. The molecule has 0 atom stereocenters. The summed E-state index contributed by atoms with van der Waals surface area (Å²) in [4.78, 5) is 50.2. The van der Waals surface area contributed by atoms with Crippen molar-refractivity contribution < 1.29 is 28.6 Å². The predicted molar refractivity (Wildman–Crippen MR) is 168 cm³/mol. The van der Waals surface area contributed by atoms with Crippen LogP contribution in [0.2, 0.25) is 0 Å². The zero-order valence-corrected chi connectivity index (χ0v) is 25.8. The van der Waals surface area contributed by atoms with Crippen molar-refractivity contribution in [1.29, 1.82) is 0 Å². The highest BCUT2D eigenvalue weighted by Gasteiger charge is 2.30. The number of fused-ring (bicyclic) bond motifs is 1. The van der Waals surface area contributed by atoms with Crippen molar-refractivity contribution in [3.63, 3.8) is 0 Å².